The van der Waals surface area contributed by atoms with E-state index in [0.717, 1.165) is 16.9 Å². The highest BCUT2D eigenvalue weighted by atomic mass is 32.2. The normalized spacial score (nSPS) is 12.9. The van der Waals surface area contributed by atoms with E-state index in [2.05, 4.69) is 4.72 Å². The van der Waals surface area contributed by atoms with E-state index in [1.54, 1.807) is 33.1 Å². The molecule has 1 N–H and O–H groups in total. The minimum absolute atomic E-state index is 0.150. The van der Waals surface area contributed by atoms with Crippen LogP contribution >= 0.6 is 0 Å². The molecule has 0 saturated carbocycles. The minimum atomic E-state index is -3.67. The highest BCUT2D eigenvalue weighted by Gasteiger charge is 2.23. The second-order valence-corrected chi connectivity index (χ2v) is 8.84. The summed E-state index contributed by atoms with van der Waals surface area (Å²) in [6.45, 7) is 9.82. The molecule has 0 saturated heterocycles. The molecular weight excluding hydrogens is 362 g/mol. The summed E-state index contributed by atoms with van der Waals surface area (Å²) in [6.07, 6.45) is 0. The number of sulfonamides is 1. The Hall–Kier alpha value is -2.05. The van der Waals surface area contributed by atoms with E-state index in [9.17, 15) is 8.42 Å². The zero-order valence-corrected chi connectivity index (χ0v) is 17.7. The molecule has 0 heterocycles. The van der Waals surface area contributed by atoms with E-state index in [0.29, 0.717) is 11.3 Å². The van der Waals surface area contributed by atoms with Crippen molar-refractivity contribution >= 4 is 10.0 Å². The predicted octanol–water partition coefficient (Wildman–Crippen LogP) is 4.18. The number of rotatable bonds is 8. The molecule has 2 aromatic carbocycles. The van der Waals surface area contributed by atoms with Crippen LogP contribution in [0.15, 0.2) is 41.3 Å². The van der Waals surface area contributed by atoms with Crippen LogP contribution in [0, 0.1) is 13.8 Å². The number of aryl methyl sites for hydroxylation is 2. The number of ether oxygens (including phenoxy) is 2. The summed E-state index contributed by atoms with van der Waals surface area (Å²) in [4.78, 5) is 0.272. The van der Waals surface area contributed by atoms with E-state index < -0.39 is 10.0 Å². The van der Waals surface area contributed by atoms with E-state index in [1.807, 2.05) is 45.0 Å². The molecule has 0 aromatic heterocycles. The molecule has 1 atom stereocenters. The van der Waals surface area contributed by atoms with Gasteiger partial charge < -0.3 is 9.47 Å². The van der Waals surface area contributed by atoms with Crippen molar-refractivity contribution in [2.24, 2.45) is 0 Å². The van der Waals surface area contributed by atoms with Gasteiger partial charge in [0.1, 0.15) is 18.1 Å². The number of nitrogens with one attached hydrogen (secondary N) is 1. The fourth-order valence-electron chi connectivity index (χ4n) is 2.81. The first-order chi connectivity index (χ1) is 12.6. The average molecular weight is 392 g/mol. The average Bonchev–Trinajstić information content (AvgIpc) is 2.60. The Morgan fingerprint density at radius 1 is 1.04 bits per heavy atom. The molecule has 0 bridgehead atoms. The Morgan fingerprint density at radius 3 is 2.22 bits per heavy atom. The summed E-state index contributed by atoms with van der Waals surface area (Å²) in [5.41, 5.74) is 2.66. The topological polar surface area (TPSA) is 64.6 Å². The maximum atomic E-state index is 12.9. The van der Waals surface area contributed by atoms with Crippen LogP contribution in [0.1, 0.15) is 43.4 Å². The Balaban J connectivity index is 2.15. The minimum Gasteiger partial charge on any atom is -0.496 e. The molecule has 0 amide bonds. The van der Waals surface area contributed by atoms with Gasteiger partial charge in [0.15, 0.2) is 0 Å². The third-order valence-corrected chi connectivity index (χ3v) is 6.05. The number of methoxy groups -OCH3 is 1. The molecular formula is C21H29NO4S. The molecule has 0 aliphatic rings. The first kappa shape index (κ1) is 21.3. The molecule has 0 unspecified atom stereocenters. The smallest absolute Gasteiger partial charge is 0.241 e. The van der Waals surface area contributed by atoms with Gasteiger partial charge in [-0.05, 0) is 62.1 Å². The quantitative estimate of drug-likeness (QED) is 0.733. The maximum Gasteiger partial charge on any atom is 0.241 e. The number of hydrogen-bond acceptors (Lipinski definition) is 4. The van der Waals surface area contributed by atoms with Gasteiger partial charge in [0.05, 0.1) is 18.0 Å². The lowest BCUT2D eigenvalue weighted by Crippen LogP contribution is -2.37. The Bertz CT molecular complexity index is 874. The third-order valence-electron chi connectivity index (χ3n) is 4.32. The van der Waals surface area contributed by atoms with Gasteiger partial charge in [-0.15, -0.1) is 0 Å². The van der Waals surface area contributed by atoms with E-state index in [-0.39, 0.29) is 23.5 Å². The van der Waals surface area contributed by atoms with Crippen molar-refractivity contribution in [2.75, 3.05) is 13.7 Å². The molecule has 2 aromatic rings. The van der Waals surface area contributed by atoms with Gasteiger partial charge in [-0.3, -0.25) is 0 Å². The zero-order chi connectivity index (χ0) is 20.2. The summed E-state index contributed by atoms with van der Waals surface area (Å²) in [5, 5.41) is 0. The lowest BCUT2D eigenvalue weighted by Gasteiger charge is -2.19. The van der Waals surface area contributed by atoms with Crippen molar-refractivity contribution in [2.45, 2.75) is 51.5 Å². The summed E-state index contributed by atoms with van der Waals surface area (Å²) in [5.74, 6) is 1.57. The lowest BCUT2D eigenvalue weighted by atomic mass is 10.0. The molecule has 27 heavy (non-hydrogen) atoms. The predicted molar refractivity (Wildman–Crippen MR) is 108 cm³/mol. The van der Waals surface area contributed by atoms with Gasteiger partial charge in [-0.2, -0.15) is 0 Å². The van der Waals surface area contributed by atoms with Gasteiger partial charge in [0.2, 0.25) is 10.0 Å². The second kappa shape index (κ2) is 8.76. The SMILES string of the molecule is COc1cc(C)c(S(=O)(=O)N[C@H](C)COc2ccc(C)cc2)cc1C(C)C. The van der Waals surface area contributed by atoms with Gasteiger partial charge in [0, 0.05) is 0 Å². The molecule has 6 heteroatoms. The van der Waals surface area contributed by atoms with Crippen LogP contribution in [-0.4, -0.2) is 28.2 Å². The van der Waals surface area contributed by atoms with Crippen LogP contribution in [-0.2, 0) is 10.0 Å². The van der Waals surface area contributed by atoms with Crippen molar-refractivity contribution < 1.29 is 17.9 Å². The van der Waals surface area contributed by atoms with Gasteiger partial charge in [-0.25, -0.2) is 13.1 Å². The van der Waals surface area contributed by atoms with Gasteiger partial charge >= 0.3 is 0 Å². The summed E-state index contributed by atoms with van der Waals surface area (Å²) in [6, 6.07) is 10.8. The fourth-order valence-corrected chi connectivity index (χ4v) is 4.30. The standard InChI is InChI=1S/C21H29NO4S/c1-14(2)19-12-21(16(4)11-20(19)25-6)27(23,24)22-17(5)13-26-18-9-7-15(3)8-10-18/h7-12,14,17,22H,13H2,1-6H3/t17-/m1/s1. The molecule has 0 radical (unpaired) electrons. The second-order valence-electron chi connectivity index (χ2n) is 7.16. The monoisotopic (exact) mass is 391 g/mol. The van der Waals surface area contributed by atoms with E-state index >= 15 is 0 Å². The highest BCUT2D eigenvalue weighted by Crippen LogP contribution is 2.31. The van der Waals surface area contributed by atoms with Crippen LogP contribution in [0.25, 0.3) is 0 Å². The van der Waals surface area contributed by atoms with Crippen molar-refractivity contribution in [3.05, 3.63) is 53.1 Å². The largest absolute Gasteiger partial charge is 0.496 e. The Labute approximate surface area is 162 Å². The summed E-state index contributed by atoms with van der Waals surface area (Å²) in [7, 11) is -2.07. The molecule has 5 nitrogen and oxygen atoms in total. The van der Waals surface area contributed by atoms with Crippen LogP contribution in [0.3, 0.4) is 0 Å². The van der Waals surface area contributed by atoms with Crippen LogP contribution in [0.4, 0.5) is 0 Å². The molecule has 2 rings (SSSR count). The van der Waals surface area contributed by atoms with Crippen molar-refractivity contribution in [3.8, 4) is 11.5 Å². The molecule has 0 fully saturated rings. The Kier molecular flexibility index (Phi) is 6.89. The highest BCUT2D eigenvalue weighted by molar-refractivity contribution is 7.89. The number of hydrogen-bond donors (Lipinski definition) is 1. The van der Waals surface area contributed by atoms with Crippen molar-refractivity contribution in [1.29, 1.82) is 0 Å². The van der Waals surface area contributed by atoms with Crippen LogP contribution < -0.4 is 14.2 Å². The maximum absolute atomic E-state index is 12.9. The first-order valence-corrected chi connectivity index (χ1v) is 10.5. The van der Waals surface area contributed by atoms with Gasteiger partial charge in [0.25, 0.3) is 0 Å². The zero-order valence-electron chi connectivity index (χ0n) is 16.9. The molecule has 0 aliphatic heterocycles. The molecule has 0 aliphatic carbocycles. The summed E-state index contributed by atoms with van der Waals surface area (Å²) < 4.78 is 39.6. The van der Waals surface area contributed by atoms with E-state index in [4.69, 9.17) is 9.47 Å². The lowest BCUT2D eigenvalue weighted by molar-refractivity contribution is 0.287. The van der Waals surface area contributed by atoms with Crippen LogP contribution in [0.2, 0.25) is 0 Å². The van der Waals surface area contributed by atoms with Crippen molar-refractivity contribution in [1.82, 2.24) is 4.72 Å². The fraction of sp³-hybridized carbons (Fsp3) is 0.429. The first-order valence-electron chi connectivity index (χ1n) is 9.04. The molecule has 0 spiro atoms. The van der Waals surface area contributed by atoms with E-state index in [1.165, 1.54) is 0 Å². The Morgan fingerprint density at radius 2 is 1.67 bits per heavy atom. The summed E-state index contributed by atoms with van der Waals surface area (Å²) >= 11 is 0. The molecule has 148 valence electrons. The third kappa shape index (κ3) is 5.47. The van der Waals surface area contributed by atoms with Gasteiger partial charge in [-0.1, -0.05) is 31.5 Å². The van der Waals surface area contributed by atoms with Crippen LogP contribution in [0.5, 0.6) is 11.5 Å². The number of benzene rings is 2. The van der Waals surface area contributed by atoms with Crippen molar-refractivity contribution in [3.63, 3.8) is 0 Å².